The molecule has 6 N–H and O–H groups in total. The Kier molecular flexibility index (Phi) is 10.1. The van der Waals surface area contributed by atoms with Gasteiger partial charge in [-0.1, -0.05) is 12.1 Å². The number of aliphatic hydroxyl groups is 4. The average Bonchev–Trinajstić information content (AvgIpc) is 2.90. The molecule has 0 saturated carbocycles. The lowest BCUT2D eigenvalue weighted by Gasteiger charge is -2.41. The first-order chi connectivity index (χ1) is 18.1. The summed E-state index contributed by atoms with van der Waals surface area (Å²) in [4.78, 5) is 25.1. The number of ether oxygens (including phenoxy) is 5. The van der Waals surface area contributed by atoms with E-state index < -0.39 is 61.5 Å². The van der Waals surface area contributed by atoms with Gasteiger partial charge in [-0.25, -0.2) is 4.79 Å². The van der Waals surface area contributed by atoms with E-state index in [4.69, 9.17) is 23.7 Å². The summed E-state index contributed by atoms with van der Waals surface area (Å²) in [5.41, 5.74) is 0.927. The van der Waals surface area contributed by atoms with Crippen LogP contribution >= 0.6 is 0 Å². The van der Waals surface area contributed by atoms with Crippen molar-refractivity contribution in [2.75, 3.05) is 20.3 Å². The van der Waals surface area contributed by atoms with E-state index >= 15 is 0 Å². The van der Waals surface area contributed by atoms with Crippen molar-refractivity contribution in [3.8, 4) is 11.5 Å². The van der Waals surface area contributed by atoms with Gasteiger partial charge in [-0.05, 0) is 24.6 Å². The van der Waals surface area contributed by atoms with Gasteiger partial charge in [-0.2, -0.15) is 0 Å². The normalized spacial score (nSPS) is 30.3. The number of hydrogen-bond acceptors (Lipinski definition) is 13. The van der Waals surface area contributed by atoms with Crippen molar-refractivity contribution in [2.24, 2.45) is 5.92 Å². The highest BCUT2D eigenvalue weighted by Gasteiger charge is 2.46. The van der Waals surface area contributed by atoms with Gasteiger partial charge in [0.1, 0.15) is 24.4 Å². The van der Waals surface area contributed by atoms with Gasteiger partial charge in [-0.3, -0.25) is 4.79 Å². The van der Waals surface area contributed by atoms with Gasteiger partial charge in [0.15, 0.2) is 17.8 Å². The fourth-order valence-electron chi connectivity index (χ4n) is 4.16. The third-order valence-corrected chi connectivity index (χ3v) is 6.29. The van der Waals surface area contributed by atoms with Gasteiger partial charge in [0.2, 0.25) is 6.29 Å². The van der Waals surface area contributed by atoms with E-state index in [0.29, 0.717) is 11.1 Å². The van der Waals surface area contributed by atoms with Crippen LogP contribution in [0.2, 0.25) is 0 Å². The SMILES string of the molecule is CC=C1[C@H](O[C@@H]2O[C@H](CO)[C@@H](O)[C@H](O)[C@H]2O)OC=C(C(=O)OC)[C@@H]1CC(=O)OCCc1ccc(O)c(O)c1. The molecule has 1 saturated heterocycles. The molecular formula is C25H32O13. The molecule has 0 aromatic heterocycles. The molecule has 0 aliphatic carbocycles. The molecule has 1 aromatic rings. The predicted molar refractivity (Wildman–Crippen MR) is 126 cm³/mol. The molecule has 3 rings (SSSR count). The molecule has 0 spiro atoms. The zero-order chi connectivity index (χ0) is 28.0. The minimum atomic E-state index is -1.69. The van der Waals surface area contributed by atoms with Crippen LogP contribution in [-0.4, -0.2) is 99.9 Å². The highest BCUT2D eigenvalue weighted by molar-refractivity contribution is 5.90. The fraction of sp³-hybridized carbons (Fsp3) is 0.520. The second-order valence-electron chi connectivity index (χ2n) is 8.71. The van der Waals surface area contributed by atoms with Gasteiger partial charge in [-0.15, -0.1) is 0 Å². The first-order valence-electron chi connectivity index (χ1n) is 11.8. The summed E-state index contributed by atoms with van der Waals surface area (Å²) in [5.74, 6) is -2.89. The number of methoxy groups -OCH3 is 1. The third-order valence-electron chi connectivity index (χ3n) is 6.29. The van der Waals surface area contributed by atoms with E-state index in [1.165, 1.54) is 12.1 Å². The number of carbonyl (C=O) groups excluding carboxylic acids is 2. The summed E-state index contributed by atoms with van der Waals surface area (Å²) in [5, 5.41) is 58.8. The second-order valence-corrected chi connectivity index (χ2v) is 8.71. The summed E-state index contributed by atoms with van der Waals surface area (Å²) >= 11 is 0. The van der Waals surface area contributed by atoms with E-state index in [-0.39, 0.29) is 36.5 Å². The summed E-state index contributed by atoms with van der Waals surface area (Å²) in [6.45, 7) is 0.912. The summed E-state index contributed by atoms with van der Waals surface area (Å²) < 4.78 is 26.7. The fourth-order valence-corrected chi connectivity index (χ4v) is 4.16. The van der Waals surface area contributed by atoms with E-state index in [9.17, 15) is 40.2 Å². The van der Waals surface area contributed by atoms with Gasteiger partial charge in [0.25, 0.3) is 0 Å². The van der Waals surface area contributed by atoms with Crippen molar-refractivity contribution in [2.45, 2.75) is 56.8 Å². The summed E-state index contributed by atoms with van der Waals surface area (Å²) in [6, 6.07) is 4.23. The molecule has 0 bridgehead atoms. The molecule has 2 aliphatic heterocycles. The number of allylic oxidation sites excluding steroid dienone is 1. The Labute approximate surface area is 218 Å². The molecule has 0 radical (unpaired) electrons. The number of esters is 2. The summed E-state index contributed by atoms with van der Waals surface area (Å²) in [7, 11) is 1.16. The minimum Gasteiger partial charge on any atom is -0.504 e. The number of phenols is 2. The van der Waals surface area contributed by atoms with Crippen LogP contribution in [0.15, 0.2) is 41.7 Å². The maximum absolute atomic E-state index is 12.7. The van der Waals surface area contributed by atoms with E-state index in [1.54, 1.807) is 19.1 Å². The maximum atomic E-state index is 12.7. The van der Waals surface area contributed by atoms with Crippen LogP contribution in [0.5, 0.6) is 11.5 Å². The quantitative estimate of drug-likeness (QED) is 0.131. The zero-order valence-electron chi connectivity index (χ0n) is 20.8. The van der Waals surface area contributed by atoms with Crippen molar-refractivity contribution >= 4 is 11.9 Å². The monoisotopic (exact) mass is 540 g/mol. The van der Waals surface area contributed by atoms with Crippen molar-refractivity contribution in [1.82, 2.24) is 0 Å². The Balaban J connectivity index is 1.71. The molecule has 210 valence electrons. The standard InChI is InChI=1S/C25H32O13/c1-3-13-14(9-19(29)35-7-6-12-4-5-16(27)17(28)8-12)15(23(33)34-2)11-36-24(13)38-25-22(32)21(31)20(30)18(10-26)37-25/h3-5,8,11,14,18,20-22,24-28,30-32H,6-7,9-10H2,1-2H3/t14-,18-,20-,21+,22-,24+,25+/m1/s1. The molecule has 0 amide bonds. The first-order valence-corrected chi connectivity index (χ1v) is 11.8. The van der Waals surface area contributed by atoms with E-state index in [2.05, 4.69) is 0 Å². The summed E-state index contributed by atoms with van der Waals surface area (Å²) in [6.07, 6.45) is -6.39. The number of aromatic hydroxyl groups is 2. The van der Waals surface area contributed by atoms with E-state index in [1.807, 2.05) is 0 Å². The Morgan fingerprint density at radius 2 is 1.82 bits per heavy atom. The lowest BCUT2D eigenvalue weighted by Crippen LogP contribution is -2.60. The lowest BCUT2D eigenvalue weighted by molar-refractivity contribution is -0.327. The molecule has 1 aromatic carbocycles. The van der Waals surface area contributed by atoms with Crippen LogP contribution in [-0.2, 0) is 39.7 Å². The highest BCUT2D eigenvalue weighted by Crippen LogP contribution is 2.36. The Morgan fingerprint density at radius 1 is 1.08 bits per heavy atom. The lowest BCUT2D eigenvalue weighted by atomic mass is 9.86. The third kappa shape index (κ3) is 6.62. The van der Waals surface area contributed by atoms with Gasteiger partial charge >= 0.3 is 11.9 Å². The van der Waals surface area contributed by atoms with Crippen molar-refractivity contribution in [3.05, 3.63) is 47.2 Å². The van der Waals surface area contributed by atoms with Crippen molar-refractivity contribution in [3.63, 3.8) is 0 Å². The molecule has 38 heavy (non-hydrogen) atoms. The van der Waals surface area contributed by atoms with Crippen LogP contribution in [0.4, 0.5) is 0 Å². The average molecular weight is 541 g/mol. The van der Waals surface area contributed by atoms with Gasteiger partial charge in [0, 0.05) is 17.9 Å². The van der Waals surface area contributed by atoms with Crippen LogP contribution in [0.25, 0.3) is 0 Å². The minimum absolute atomic E-state index is 0.00894. The van der Waals surface area contributed by atoms with Crippen LogP contribution in [0.1, 0.15) is 18.9 Å². The van der Waals surface area contributed by atoms with Crippen molar-refractivity contribution < 1.29 is 63.9 Å². The molecule has 0 unspecified atom stereocenters. The largest absolute Gasteiger partial charge is 0.504 e. The second kappa shape index (κ2) is 13.0. The van der Waals surface area contributed by atoms with Gasteiger partial charge in [0.05, 0.1) is 38.6 Å². The molecule has 13 heteroatoms. The highest BCUT2D eigenvalue weighted by atomic mass is 16.8. The predicted octanol–water partition coefficient (Wildman–Crippen LogP) is -0.634. The smallest absolute Gasteiger partial charge is 0.337 e. The number of phenolic OH excluding ortho intramolecular Hbond substituents is 2. The van der Waals surface area contributed by atoms with E-state index in [0.717, 1.165) is 13.4 Å². The first kappa shape index (κ1) is 29.4. The maximum Gasteiger partial charge on any atom is 0.337 e. The Bertz CT molecular complexity index is 1050. The number of benzene rings is 1. The van der Waals surface area contributed by atoms with Crippen LogP contribution in [0.3, 0.4) is 0 Å². The Hall–Kier alpha value is -3.20. The molecule has 2 aliphatic rings. The Morgan fingerprint density at radius 3 is 2.45 bits per heavy atom. The topological polar surface area (TPSA) is 202 Å². The van der Waals surface area contributed by atoms with Crippen molar-refractivity contribution in [1.29, 1.82) is 0 Å². The molecule has 7 atom stereocenters. The number of rotatable bonds is 9. The number of aliphatic hydroxyl groups excluding tert-OH is 4. The van der Waals surface area contributed by atoms with Gasteiger partial charge < -0.3 is 54.3 Å². The molecule has 1 fully saturated rings. The van der Waals surface area contributed by atoms with Crippen LogP contribution in [0, 0.1) is 5.92 Å². The molecule has 13 nitrogen and oxygen atoms in total. The zero-order valence-corrected chi connectivity index (χ0v) is 20.8. The number of carbonyl (C=O) groups is 2. The van der Waals surface area contributed by atoms with Crippen LogP contribution < -0.4 is 0 Å². The number of hydrogen-bond donors (Lipinski definition) is 6. The molecule has 2 heterocycles. The molecular weight excluding hydrogens is 508 g/mol.